The summed E-state index contributed by atoms with van der Waals surface area (Å²) in [5.41, 5.74) is -0.471. The molecule has 0 fully saturated rings. The summed E-state index contributed by atoms with van der Waals surface area (Å²) in [6, 6.07) is 9.16. The Balaban J connectivity index is 0.000000383. The van der Waals surface area contributed by atoms with Gasteiger partial charge in [0, 0.05) is 17.4 Å². The summed E-state index contributed by atoms with van der Waals surface area (Å²) >= 11 is 10.7. The number of rotatable bonds is 8. The molecule has 2 atom stereocenters. The van der Waals surface area contributed by atoms with Gasteiger partial charge in [0.1, 0.15) is 12.8 Å². The highest BCUT2D eigenvalue weighted by molar-refractivity contribution is 7.90. The number of carbonyl (C=O) groups is 3. The molecule has 2 rings (SSSR count). The van der Waals surface area contributed by atoms with Gasteiger partial charge in [-0.25, -0.2) is 12.8 Å². The van der Waals surface area contributed by atoms with E-state index in [1.807, 2.05) is 0 Å². The van der Waals surface area contributed by atoms with E-state index in [-0.39, 0.29) is 21.6 Å². The lowest BCUT2D eigenvalue weighted by molar-refractivity contribution is -0.259. The maximum absolute atomic E-state index is 12.9. The number of amides is 1. The van der Waals surface area contributed by atoms with Crippen molar-refractivity contribution >= 4 is 50.9 Å². The summed E-state index contributed by atoms with van der Waals surface area (Å²) in [5.74, 6) is -3.86. The number of hydrogen-bond acceptors (Lipinski definition) is 8. The number of aliphatic hydroxyl groups excluding tert-OH is 1. The van der Waals surface area contributed by atoms with Crippen molar-refractivity contribution in [3.63, 3.8) is 0 Å². The number of carboxylic acids is 2. The van der Waals surface area contributed by atoms with Crippen molar-refractivity contribution in [2.24, 2.45) is 0 Å². The van der Waals surface area contributed by atoms with Crippen molar-refractivity contribution in [2.45, 2.75) is 21.9 Å². The lowest BCUT2D eigenvalue weighted by Gasteiger charge is -2.22. The van der Waals surface area contributed by atoms with Crippen molar-refractivity contribution < 1.29 is 42.5 Å². The molecule has 2 N–H and O–H groups in total. The third-order valence-corrected chi connectivity index (χ3v) is 5.61. The Bertz CT molecular complexity index is 1060. The monoisotopic (exact) mass is 521 g/mol. The molecule has 2 aromatic rings. The van der Waals surface area contributed by atoms with Crippen LogP contribution in [0.1, 0.15) is 32.4 Å². The molecule has 0 saturated carbocycles. The van der Waals surface area contributed by atoms with Crippen LogP contribution < -0.4 is 15.5 Å². The van der Waals surface area contributed by atoms with Crippen LogP contribution in [0.3, 0.4) is 0 Å². The van der Waals surface area contributed by atoms with Gasteiger partial charge >= 0.3 is 0 Å². The van der Waals surface area contributed by atoms with Crippen LogP contribution in [0.2, 0.25) is 0 Å². The summed E-state index contributed by atoms with van der Waals surface area (Å²) in [4.78, 5) is 30.6. The molecule has 180 valence electrons. The Hall–Kier alpha value is -2.73. The lowest BCUT2D eigenvalue weighted by atomic mass is 10.0. The van der Waals surface area contributed by atoms with Gasteiger partial charge in [-0.2, -0.15) is 0 Å². The maximum atomic E-state index is 12.9. The van der Waals surface area contributed by atoms with E-state index in [1.54, 1.807) is 0 Å². The fourth-order valence-electron chi connectivity index (χ4n) is 2.43. The highest BCUT2D eigenvalue weighted by Gasteiger charge is 2.25. The molecule has 0 saturated heterocycles. The van der Waals surface area contributed by atoms with Crippen LogP contribution in [0.5, 0.6) is 0 Å². The van der Waals surface area contributed by atoms with E-state index in [1.165, 1.54) is 36.4 Å². The number of benzene rings is 2. The Morgan fingerprint density at radius 2 is 1.45 bits per heavy atom. The first-order chi connectivity index (χ1) is 15.3. The minimum atomic E-state index is -3.36. The average Bonchev–Trinajstić information content (AvgIpc) is 2.76. The van der Waals surface area contributed by atoms with E-state index < -0.39 is 51.3 Å². The molecule has 1 amide bonds. The van der Waals surface area contributed by atoms with Gasteiger partial charge < -0.3 is 30.2 Å². The van der Waals surface area contributed by atoms with E-state index in [0.717, 1.165) is 18.4 Å². The van der Waals surface area contributed by atoms with Crippen molar-refractivity contribution in [2.75, 3.05) is 12.9 Å². The van der Waals surface area contributed by atoms with E-state index in [4.69, 9.17) is 23.2 Å². The molecule has 0 aliphatic rings. The zero-order valence-electron chi connectivity index (χ0n) is 16.9. The minimum absolute atomic E-state index is 0.0702. The van der Waals surface area contributed by atoms with Crippen LogP contribution >= 0.6 is 23.2 Å². The first kappa shape index (κ1) is 28.3. The van der Waals surface area contributed by atoms with Crippen LogP contribution in [0.25, 0.3) is 0 Å². The number of alkyl halides is 3. The fourth-order valence-corrected chi connectivity index (χ4v) is 3.19. The normalized spacial score (nSPS) is 12.8. The van der Waals surface area contributed by atoms with Crippen LogP contribution in [-0.2, 0) is 14.6 Å². The molecule has 2 aromatic carbocycles. The number of carbonyl (C=O) groups excluding carboxylic acids is 3. The summed E-state index contributed by atoms with van der Waals surface area (Å²) in [5, 5.41) is 32.8. The van der Waals surface area contributed by atoms with Crippen molar-refractivity contribution in [3.8, 4) is 0 Å². The van der Waals surface area contributed by atoms with E-state index in [0.29, 0.717) is 0 Å². The molecule has 9 nitrogen and oxygen atoms in total. The largest absolute Gasteiger partial charge is 0.545 e. The van der Waals surface area contributed by atoms with Crippen molar-refractivity contribution in [1.29, 1.82) is 0 Å². The van der Waals surface area contributed by atoms with Crippen LogP contribution in [0, 0.1) is 0 Å². The standard InChI is InChI=1S/C12H14Cl2FNO4S.C8H6O4/c1-21(19,20)8-4-2-7(3-5-8)10(17)9(6-15)16-12(18)11(13)14;9-7(10)5-3-1-2-4-6(5)8(11)12/h2-5,9-11,17H,6H2,1H3,(H,16,18);1-4H,(H,9,10)(H,11,12)/p-2/t9-,10-;/m1./s1. The number of carboxylic acid groups (broad SMARTS) is 2. The number of aromatic carboxylic acids is 2. The summed E-state index contributed by atoms with van der Waals surface area (Å²) in [6.45, 7) is -1.04. The number of sulfone groups is 1. The van der Waals surface area contributed by atoms with Gasteiger partial charge in [-0.05, 0) is 17.7 Å². The van der Waals surface area contributed by atoms with Crippen LogP contribution in [0.4, 0.5) is 4.39 Å². The van der Waals surface area contributed by atoms with E-state index in [9.17, 15) is 42.5 Å². The van der Waals surface area contributed by atoms with Gasteiger partial charge in [-0.1, -0.05) is 59.6 Å². The molecule has 0 bridgehead atoms. The molecule has 0 spiro atoms. The predicted molar refractivity (Wildman–Crippen MR) is 113 cm³/mol. The number of halogens is 3. The van der Waals surface area contributed by atoms with Crippen LogP contribution in [-0.4, -0.2) is 55.2 Å². The van der Waals surface area contributed by atoms with Gasteiger partial charge in [0.05, 0.1) is 22.9 Å². The summed E-state index contributed by atoms with van der Waals surface area (Å²) in [6.07, 6.45) is -0.316. The molecule has 0 heterocycles. The van der Waals surface area contributed by atoms with E-state index in [2.05, 4.69) is 5.32 Å². The first-order valence-electron chi connectivity index (χ1n) is 8.93. The Morgan fingerprint density at radius 3 is 1.79 bits per heavy atom. The molecule has 0 aliphatic heterocycles. The Labute approximate surface area is 198 Å². The molecule has 0 aromatic heterocycles. The van der Waals surface area contributed by atoms with Gasteiger partial charge in [0.25, 0.3) is 5.91 Å². The molecular weight excluding hydrogens is 504 g/mol. The molecule has 0 aliphatic carbocycles. The van der Waals surface area contributed by atoms with Gasteiger partial charge in [0.2, 0.25) is 0 Å². The molecule has 0 unspecified atom stereocenters. The predicted octanol–water partition coefficient (Wildman–Crippen LogP) is -0.205. The Morgan fingerprint density at radius 1 is 1.00 bits per heavy atom. The second-order valence-corrected chi connectivity index (χ2v) is 9.59. The molecule has 0 radical (unpaired) electrons. The summed E-state index contributed by atoms with van der Waals surface area (Å²) < 4.78 is 35.6. The topological polar surface area (TPSA) is 164 Å². The maximum Gasteiger partial charge on any atom is 0.253 e. The second kappa shape index (κ2) is 12.5. The van der Waals surface area contributed by atoms with Crippen molar-refractivity contribution in [1.82, 2.24) is 5.32 Å². The molecule has 13 heteroatoms. The highest BCUT2D eigenvalue weighted by Crippen LogP contribution is 2.20. The number of hydrogen-bond donors (Lipinski definition) is 2. The summed E-state index contributed by atoms with van der Waals surface area (Å²) in [7, 11) is -3.36. The number of aliphatic hydroxyl groups is 1. The Kier molecular flexibility index (Phi) is 10.7. The third-order valence-electron chi connectivity index (χ3n) is 4.09. The highest BCUT2D eigenvalue weighted by atomic mass is 35.5. The van der Waals surface area contributed by atoms with E-state index >= 15 is 0 Å². The first-order valence-corrected chi connectivity index (χ1v) is 11.7. The van der Waals surface area contributed by atoms with Crippen LogP contribution in [0.15, 0.2) is 53.4 Å². The third kappa shape index (κ3) is 8.61. The van der Waals surface area contributed by atoms with Gasteiger partial charge in [0.15, 0.2) is 14.7 Å². The SMILES string of the molecule is CS(=O)(=O)c1ccc([C@@H](O)[C@@H](CF)NC(=O)C(Cl)Cl)cc1.O=C([O-])c1ccccc1C(=O)[O-]. The quantitative estimate of drug-likeness (QED) is 0.450. The van der Waals surface area contributed by atoms with Gasteiger partial charge in [-0.3, -0.25) is 4.79 Å². The molecule has 33 heavy (non-hydrogen) atoms. The number of nitrogens with one attached hydrogen (secondary N) is 1. The van der Waals surface area contributed by atoms with Crippen molar-refractivity contribution in [3.05, 3.63) is 65.2 Å². The molecular formula is C20H18Cl2FNO8S-2. The fraction of sp³-hybridized carbons (Fsp3) is 0.250. The lowest BCUT2D eigenvalue weighted by Crippen LogP contribution is -2.43. The smallest absolute Gasteiger partial charge is 0.253 e. The van der Waals surface area contributed by atoms with Gasteiger partial charge in [-0.15, -0.1) is 0 Å². The zero-order chi connectivity index (χ0) is 25.3. The second-order valence-electron chi connectivity index (χ2n) is 6.48. The minimum Gasteiger partial charge on any atom is -0.545 e. The zero-order valence-corrected chi connectivity index (χ0v) is 19.2. The average molecular weight is 522 g/mol.